The predicted molar refractivity (Wildman–Crippen MR) is 109 cm³/mol. The number of anilines is 1. The van der Waals surface area contributed by atoms with E-state index in [1.54, 1.807) is 17.3 Å². The van der Waals surface area contributed by atoms with Crippen LogP contribution in [0.5, 0.6) is 5.75 Å². The van der Waals surface area contributed by atoms with Crippen molar-refractivity contribution in [2.45, 2.75) is 18.7 Å². The minimum Gasteiger partial charge on any atom is -0.489 e. The van der Waals surface area contributed by atoms with Crippen molar-refractivity contribution >= 4 is 22.9 Å². The summed E-state index contributed by atoms with van der Waals surface area (Å²) < 4.78 is 5.79. The van der Waals surface area contributed by atoms with Gasteiger partial charge in [0.2, 0.25) is 0 Å². The highest BCUT2D eigenvalue weighted by atomic mass is 32.1. The van der Waals surface area contributed by atoms with Crippen molar-refractivity contribution in [3.8, 4) is 5.75 Å². The van der Waals surface area contributed by atoms with Gasteiger partial charge in [-0.2, -0.15) is 0 Å². The number of nitrogens with one attached hydrogen (secondary N) is 1. The molecule has 1 aliphatic rings. The standard InChI is InChI=1S/C21H21N3O3S/c1-24-17-9-5-6-10-18(17)27-12-15(21(24)26)23-20(25)16-13-28-19(22-16)11-14-7-3-2-4-8-14/h2-10,13,15,21,26H,11-12H2,1H3,(H,23,25)/t15-,21?/m0/s1. The van der Waals surface area contributed by atoms with Gasteiger partial charge in [0.1, 0.15) is 24.1 Å². The van der Waals surface area contributed by atoms with E-state index in [0.29, 0.717) is 17.9 Å². The number of thiazole rings is 1. The lowest BCUT2D eigenvalue weighted by atomic mass is 10.2. The highest BCUT2D eigenvalue weighted by Gasteiger charge is 2.31. The molecule has 1 unspecified atom stereocenters. The number of carbonyl (C=O) groups excluding carboxylic acids is 1. The van der Waals surface area contributed by atoms with Crippen LogP contribution in [0.2, 0.25) is 0 Å². The first-order valence-electron chi connectivity index (χ1n) is 9.04. The lowest BCUT2D eigenvalue weighted by Crippen LogP contribution is -2.52. The third-order valence-corrected chi connectivity index (χ3v) is 5.57. The van der Waals surface area contributed by atoms with Crippen LogP contribution < -0.4 is 15.0 Å². The second-order valence-corrected chi connectivity index (χ2v) is 7.61. The van der Waals surface area contributed by atoms with Crippen molar-refractivity contribution in [2.75, 3.05) is 18.6 Å². The molecule has 0 bridgehead atoms. The molecule has 2 N–H and O–H groups in total. The molecule has 0 aliphatic carbocycles. The topological polar surface area (TPSA) is 74.7 Å². The van der Waals surface area contributed by atoms with E-state index in [0.717, 1.165) is 16.3 Å². The highest BCUT2D eigenvalue weighted by Crippen LogP contribution is 2.31. The molecule has 0 saturated carbocycles. The summed E-state index contributed by atoms with van der Waals surface area (Å²) in [5.74, 6) is 0.363. The van der Waals surface area contributed by atoms with Gasteiger partial charge in [-0.05, 0) is 17.7 Å². The highest BCUT2D eigenvalue weighted by molar-refractivity contribution is 7.09. The molecule has 2 heterocycles. The smallest absolute Gasteiger partial charge is 0.271 e. The van der Waals surface area contributed by atoms with Crippen LogP contribution in [-0.4, -0.2) is 41.9 Å². The molecule has 2 atom stereocenters. The number of para-hydroxylation sites is 2. The number of aliphatic hydroxyl groups is 1. The Morgan fingerprint density at radius 2 is 2.00 bits per heavy atom. The largest absolute Gasteiger partial charge is 0.489 e. The maximum Gasteiger partial charge on any atom is 0.271 e. The zero-order chi connectivity index (χ0) is 19.5. The molecule has 144 valence electrons. The van der Waals surface area contributed by atoms with E-state index in [1.807, 2.05) is 54.6 Å². The minimum atomic E-state index is -0.907. The summed E-state index contributed by atoms with van der Waals surface area (Å²) in [6.45, 7) is 0.176. The molecule has 3 aromatic rings. The molecule has 1 aliphatic heterocycles. The summed E-state index contributed by atoms with van der Waals surface area (Å²) in [6, 6.07) is 16.9. The van der Waals surface area contributed by atoms with Gasteiger partial charge in [0, 0.05) is 18.8 Å². The third kappa shape index (κ3) is 3.85. The molecule has 6 nitrogen and oxygen atoms in total. The van der Waals surface area contributed by atoms with E-state index in [1.165, 1.54) is 11.3 Å². The molecule has 0 spiro atoms. The van der Waals surface area contributed by atoms with Crippen molar-refractivity contribution in [3.05, 3.63) is 76.2 Å². The number of benzene rings is 2. The number of hydrogen-bond acceptors (Lipinski definition) is 6. The normalized spacial score (nSPS) is 18.7. The Balaban J connectivity index is 1.44. The number of nitrogens with zero attached hydrogens (tertiary/aromatic N) is 2. The maximum atomic E-state index is 12.7. The molecule has 7 heteroatoms. The monoisotopic (exact) mass is 395 g/mol. The molecule has 0 saturated heterocycles. The number of ether oxygens (including phenoxy) is 1. The van der Waals surface area contributed by atoms with Crippen LogP contribution in [0.4, 0.5) is 5.69 Å². The number of aromatic nitrogens is 1. The molecule has 0 fully saturated rings. The molecular weight excluding hydrogens is 374 g/mol. The molecular formula is C21H21N3O3S. The van der Waals surface area contributed by atoms with Crippen LogP contribution in [0.15, 0.2) is 60.0 Å². The average Bonchev–Trinajstić information content (AvgIpc) is 3.15. The summed E-state index contributed by atoms with van der Waals surface area (Å²) in [6.07, 6.45) is -0.221. The summed E-state index contributed by atoms with van der Waals surface area (Å²) in [4.78, 5) is 18.8. The Labute approximate surface area is 167 Å². The van der Waals surface area contributed by atoms with E-state index in [2.05, 4.69) is 10.3 Å². The van der Waals surface area contributed by atoms with Crippen molar-refractivity contribution in [1.82, 2.24) is 10.3 Å². The summed E-state index contributed by atoms with van der Waals surface area (Å²) >= 11 is 1.45. The fourth-order valence-electron chi connectivity index (χ4n) is 3.17. The quantitative estimate of drug-likeness (QED) is 0.711. The first-order chi connectivity index (χ1) is 13.6. The van der Waals surface area contributed by atoms with E-state index >= 15 is 0 Å². The summed E-state index contributed by atoms with van der Waals surface area (Å²) in [5.41, 5.74) is 2.29. The van der Waals surface area contributed by atoms with Gasteiger partial charge >= 0.3 is 0 Å². The van der Waals surface area contributed by atoms with Crippen LogP contribution in [-0.2, 0) is 6.42 Å². The van der Waals surface area contributed by atoms with E-state index in [-0.39, 0.29) is 12.5 Å². The van der Waals surface area contributed by atoms with Crippen LogP contribution >= 0.6 is 11.3 Å². The summed E-state index contributed by atoms with van der Waals surface area (Å²) in [7, 11) is 1.78. The van der Waals surface area contributed by atoms with Crippen LogP contribution in [0.25, 0.3) is 0 Å². The number of aliphatic hydroxyl groups excluding tert-OH is 1. The third-order valence-electron chi connectivity index (χ3n) is 4.72. The zero-order valence-electron chi connectivity index (χ0n) is 15.4. The Morgan fingerprint density at radius 1 is 1.25 bits per heavy atom. The molecule has 1 amide bonds. The van der Waals surface area contributed by atoms with Gasteiger partial charge in [-0.15, -0.1) is 11.3 Å². The van der Waals surface area contributed by atoms with Gasteiger partial charge in [0.15, 0.2) is 6.23 Å². The van der Waals surface area contributed by atoms with Gasteiger partial charge in [0.25, 0.3) is 5.91 Å². The fourth-order valence-corrected chi connectivity index (χ4v) is 3.98. The SMILES string of the molecule is CN1c2ccccc2OC[C@H](NC(=O)c2csc(Cc3ccccc3)n2)C1O. The molecule has 1 aromatic heterocycles. The van der Waals surface area contributed by atoms with Crippen molar-refractivity contribution in [1.29, 1.82) is 0 Å². The van der Waals surface area contributed by atoms with Crippen molar-refractivity contribution in [2.24, 2.45) is 0 Å². The number of amides is 1. The van der Waals surface area contributed by atoms with Gasteiger partial charge < -0.3 is 20.1 Å². The van der Waals surface area contributed by atoms with Gasteiger partial charge in [-0.3, -0.25) is 4.79 Å². The Bertz CT molecular complexity index is 960. The van der Waals surface area contributed by atoms with Crippen molar-refractivity contribution < 1.29 is 14.6 Å². The lowest BCUT2D eigenvalue weighted by molar-refractivity contribution is 0.0768. The average molecular weight is 395 g/mol. The Kier molecular flexibility index (Phi) is 5.27. The predicted octanol–water partition coefficient (Wildman–Crippen LogP) is 2.68. The maximum absolute atomic E-state index is 12.7. The Morgan fingerprint density at radius 3 is 2.82 bits per heavy atom. The molecule has 28 heavy (non-hydrogen) atoms. The number of carbonyl (C=O) groups is 1. The molecule has 0 radical (unpaired) electrons. The number of hydrogen-bond donors (Lipinski definition) is 2. The second-order valence-electron chi connectivity index (χ2n) is 6.67. The van der Waals surface area contributed by atoms with E-state index < -0.39 is 12.3 Å². The second kappa shape index (κ2) is 8.00. The van der Waals surface area contributed by atoms with Gasteiger partial charge in [-0.1, -0.05) is 42.5 Å². The van der Waals surface area contributed by atoms with E-state index in [9.17, 15) is 9.90 Å². The van der Waals surface area contributed by atoms with Crippen LogP contribution in [0.3, 0.4) is 0 Å². The zero-order valence-corrected chi connectivity index (χ0v) is 16.2. The number of fused-ring (bicyclic) bond motifs is 1. The molecule has 4 rings (SSSR count). The number of rotatable bonds is 4. The lowest BCUT2D eigenvalue weighted by Gasteiger charge is -2.28. The minimum absolute atomic E-state index is 0.176. The number of likely N-dealkylation sites (N-methyl/N-ethyl adjacent to an activating group) is 1. The van der Waals surface area contributed by atoms with Gasteiger partial charge in [-0.25, -0.2) is 4.98 Å². The van der Waals surface area contributed by atoms with Crippen LogP contribution in [0, 0.1) is 0 Å². The first-order valence-corrected chi connectivity index (χ1v) is 9.91. The van der Waals surface area contributed by atoms with Gasteiger partial charge in [0.05, 0.1) is 10.7 Å². The first kappa shape index (κ1) is 18.5. The Hall–Kier alpha value is -2.90. The summed E-state index contributed by atoms with van der Waals surface area (Å²) in [5, 5.41) is 16.1. The fraction of sp³-hybridized carbons (Fsp3) is 0.238. The van der Waals surface area contributed by atoms with Crippen molar-refractivity contribution in [3.63, 3.8) is 0 Å². The molecule has 2 aromatic carbocycles. The van der Waals surface area contributed by atoms with Crippen LogP contribution in [0.1, 0.15) is 21.1 Å². The van der Waals surface area contributed by atoms with E-state index in [4.69, 9.17) is 4.74 Å².